The summed E-state index contributed by atoms with van der Waals surface area (Å²) in [5.74, 6) is -1.56. The van der Waals surface area contributed by atoms with Gasteiger partial charge in [-0.1, -0.05) is 6.07 Å². The molecule has 10 heteroatoms. The number of nitrogens with one attached hydrogen (secondary N) is 1. The van der Waals surface area contributed by atoms with Crippen LogP contribution in [0.25, 0.3) is 11.1 Å². The molecule has 3 N–H and O–H groups in total. The standard InChI is InChI=1S/C19H22N2O7S/c1-12(22)15-5-4-13(10-16(15)23)14-6-8-21(17(24)11-14)9-7-19(2,18(25)20-26)29(3,27)28/h4-6,8,10-11,23,26H,7,9H2,1-3H3,(H,20,25). The topological polar surface area (TPSA) is 143 Å². The lowest BCUT2D eigenvalue weighted by Gasteiger charge is -2.25. The highest BCUT2D eigenvalue weighted by Gasteiger charge is 2.43. The van der Waals surface area contributed by atoms with Crippen LogP contribution in [0.2, 0.25) is 0 Å². The fraction of sp³-hybridized carbons (Fsp3) is 0.316. The van der Waals surface area contributed by atoms with E-state index >= 15 is 0 Å². The van der Waals surface area contributed by atoms with Crippen LogP contribution < -0.4 is 11.0 Å². The molecular weight excluding hydrogens is 400 g/mol. The van der Waals surface area contributed by atoms with Gasteiger partial charge in [0.2, 0.25) is 0 Å². The maximum absolute atomic E-state index is 12.4. The molecule has 0 aliphatic rings. The molecule has 1 atom stereocenters. The highest BCUT2D eigenvalue weighted by Crippen LogP contribution is 2.26. The second-order valence-electron chi connectivity index (χ2n) is 6.93. The third kappa shape index (κ3) is 4.54. The molecule has 0 bridgehead atoms. The molecule has 29 heavy (non-hydrogen) atoms. The number of pyridine rings is 1. The van der Waals surface area contributed by atoms with Crippen molar-refractivity contribution >= 4 is 21.5 Å². The zero-order valence-corrected chi connectivity index (χ0v) is 17.0. The number of sulfone groups is 1. The minimum absolute atomic E-state index is 0.0787. The molecule has 2 aromatic rings. The Morgan fingerprint density at radius 3 is 2.28 bits per heavy atom. The summed E-state index contributed by atoms with van der Waals surface area (Å²) in [6, 6.07) is 7.33. The van der Waals surface area contributed by atoms with Gasteiger partial charge in [0.05, 0.1) is 5.56 Å². The van der Waals surface area contributed by atoms with E-state index < -0.39 is 26.1 Å². The number of carbonyl (C=O) groups is 2. The molecule has 0 fully saturated rings. The number of amides is 1. The van der Waals surface area contributed by atoms with Gasteiger partial charge in [-0.2, -0.15) is 0 Å². The highest BCUT2D eigenvalue weighted by molar-refractivity contribution is 7.92. The monoisotopic (exact) mass is 422 g/mol. The minimum atomic E-state index is -3.87. The van der Waals surface area contributed by atoms with Crippen LogP contribution in [-0.2, 0) is 21.2 Å². The number of carbonyl (C=O) groups excluding carboxylic acids is 2. The van der Waals surface area contributed by atoms with Gasteiger partial charge in [0.15, 0.2) is 20.4 Å². The van der Waals surface area contributed by atoms with E-state index in [4.69, 9.17) is 5.21 Å². The van der Waals surface area contributed by atoms with Crippen molar-refractivity contribution in [1.82, 2.24) is 10.0 Å². The summed E-state index contributed by atoms with van der Waals surface area (Å²) in [7, 11) is -3.87. The number of rotatable bonds is 7. The predicted molar refractivity (Wildman–Crippen MR) is 106 cm³/mol. The zero-order valence-electron chi connectivity index (χ0n) is 16.2. The van der Waals surface area contributed by atoms with E-state index in [1.165, 1.54) is 48.3 Å². The van der Waals surface area contributed by atoms with Crippen LogP contribution in [0.4, 0.5) is 0 Å². The number of hydrogen-bond acceptors (Lipinski definition) is 7. The number of ketones is 1. The van der Waals surface area contributed by atoms with Gasteiger partial charge in [-0.15, -0.1) is 0 Å². The van der Waals surface area contributed by atoms with Crippen LogP contribution in [0, 0.1) is 0 Å². The molecule has 1 aromatic carbocycles. The number of aryl methyl sites for hydroxylation is 1. The number of benzene rings is 1. The van der Waals surface area contributed by atoms with Gasteiger partial charge in [-0.05, 0) is 49.6 Å². The Balaban J connectivity index is 2.31. The average Bonchev–Trinajstić information content (AvgIpc) is 2.64. The molecule has 9 nitrogen and oxygen atoms in total. The Morgan fingerprint density at radius 2 is 1.79 bits per heavy atom. The zero-order chi connectivity index (χ0) is 22.0. The van der Waals surface area contributed by atoms with Gasteiger partial charge in [0, 0.05) is 25.1 Å². The summed E-state index contributed by atoms with van der Waals surface area (Å²) in [5, 5.41) is 18.8. The van der Waals surface area contributed by atoms with E-state index in [1.54, 1.807) is 12.1 Å². The molecule has 0 saturated heterocycles. The van der Waals surface area contributed by atoms with Crippen LogP contribution in [0.3, 0.4) is 0 Å². The van der Waals surface area contributed by atoms with Crippen molar-refractivity contribution in [2.45, 2.75) is 31.6 Å². The first-order valence-electron chi connectivity index (χ1n) is 8.59. The van der Waals surface area contributed by atoms with Crippen LogP contribution in [0.15, 0.2) is 41.3 Å². The summed E-state index contributed by atoms with van der Waals surface area (Å²) in [4.78, 5) is 35.7. The molecule has 2 rings (SSSR count). The Hall–Kier alpha value is -2.98. The first-order chi connectivity index (χ1) is 13.4. The lowest BCUT2D eigenvalue weighted by molar-refractivity contribution is -0.131. The third-order valence-corrected chi connectivity index (χ3v) is 6.96. The summed E-state index contributed by atoms with van der Waals surface area (Å²) in [6.45, 7) is 2.43. The van der Waals surface area contributed by atoms with Crippen molar-refractivity contribution in [1.29, 1.82) is 0 Å². The molecule has 0 aliphatic carbocycles. The normalized spacial score (nSPS) is 13.5. The number of Topliss-reactive ketones (excluding diaryl/α,β-unsaturated/α-hetero) is 1. The number of aromatic nitrogens is 1. The molecule has 156 valence electrons. The second kappa shape index (κ2) is 8.18. The van der Waals surface area contributed by atoms with E-state index in [-0.39, 0.29) is 30.1 Å². The fourth-order valence-corrected chi connectivity index (χ4v) is 3.64. The van der Waals surface area contributed by atoms with Gasteiger partial charge >= 0.3 is 0 Å². The van der Waals surface area contributed by atoms with E-state index in [1.807, 2.05) is 0 Å². The van der Waals surface area contributed by atoms with Crippen LogP contribution >= 0.6 is 0 Å². The Morgan fingerprint density at radius 1 is 1.17 bits per heavy atom. The quantitative estimate of drug-likeness (QED) is 0.345. The predicted octanol–water partition coefficient (Wildman–Crippen LogP) is 1.12. The summed E-state index contributed by atoms with van der Waals surface area (Å²) in [5.41, 5.74) is 2.10. The molecule has 1 unspecified atom stereocenters. The fourth-order valence-electron chi connectivity index (χ4n) is 2.80. The highest BCUT2D eigenvalue weighted by atomic mass is 32.2. The van der Waals surface area contributed by atoms with Crippen molar-refractivity contribution in [2.75, 3.05) is 6.26 Å². The molecule has 0 spiro atoms. The van der Waals surface area contributed by atoms with E-state index in [0.717, 1.165) is 6.26 Å². The smallest absolute Gasteiger partial charge is 0.264 e. The first-order valence-corrected chi connectivity index (χ1v) is 10.5. The largest absolute Gasteiger partial charge is 0.507 e. The van der Waals surface area contributed by atoms with Crippen molar-refractivity contribution in [3.8, 4) is 16.9 Å². The van der Waals surface area contributed by atoms with Gasteiger partial charge < -0.3 is 9.67 Å². The van der Waals surface area contributed by atoms with Gasteiger partial charge in [-0.25, -0.2) is 13.9 Å². The van der Waals surface area contributed by atoms with Gasteiger partial charge in [0.1, 0.15) is 5.75 Å². The number of nitrogens with zero attached hydrogens (tertiary/aromatic N) is 1. The molecule has 0 saturated carbocycles. The van der Waals surface area contributed by atoms with Crippen LogP contribution in [0.5, 0.6) is 5.75 Å². The Kier molecular flexibility index (Phi) is 6.29. The van der Waals surface area contributed by atoms with Crippen molar-refractivity contribution in [3.63, 3.8) is 0 Å². The van der Waals surface area contributed by atoms with Crippen LogP contribution in [-0.4, -0.2) is 46.0 Å². The summed E-state index contributed by atoms with van der Waals surface area (Å²) >= 11 is 0. The minimum Gasteiger partial charge on any atom is -0.507 e. The lowest BCUT2D eigenvalue weighted by Crippen LogP contribution is -2.49. The Bertz CT molecular complexity index is 1120. The number of phenolic OH excluding ortho intramolecular Hbond substituents is 1. The maximum atomic E-state index is 12.4. The number of hydrogen-bond donors (Lipinski definition) is 3. The van der Waals surface area contributed by atoms with Gasteiger partial charge in [-0.3, -0.25) is 19.6 Å². The molecule has 1 heterocycles. The SMILES string of the molecule is CC(=O)c1ccc(-c2ccn(CCC(C)(C(=O)NO)S(C)(=O)=O)c(=O)c2)cc1O. The van der Waals surface area contributed by atoms with E-state index in [9.17, 15) is 27.9 Å². The molecule has 1 amide bonds. The molecular formula is C19H22N2O7S. The second-order valence-corrected chi connectivity index (χ2v) is 9.37. The number of hydroxylamine groups is 1. The van der Waals surface area contributed by atoms with E-state index in [2.05, 4.69) is 0 Å². The van der Waals surface area contributed by atoms with Crippen molar-refractivity contribution < 1.29 is 28.3 Å². The molecule has 0 radical (unpaired) electrons. The number of aromatic hydroxyl groups is 1. The van der Waals surface area contributed by atoms with Crippen LogP contribution in [0.1, 0.15) is 30.6 Å². The lowest BCUT2D eigenvalue weighted by atomic mass is 10.0. The Labute approximate surface area is 167 Å². The average molecular weight is 422 g/mol. The third-order valence-electron chi connectivity index (χ3n) is 4.94. The summed E-state index contributed by atoms with van der Waals surface area (Å²) in [6.07, 6.45) is 2.09. The van der Waals surface area contributed by atoms with Crippen molar-refractivity contribution in [2.24, 2.45) is 0 Å². The molecule has 0 aliphatic heterocycles. The summed E-state index contributed by atoms with van der Waals surface area (Å²) < 4.78 is 23.3. The van der Waals surface area contributed by atoms with Crippen molar-refractivity contribution in [3.05, 3.63) is 52.4 Å². The maximum Gasteiger partial charge on any atom is 0.264 e. The number of phenols is 1. The van der Waals surface area contributed by atoms with E-state index in [0.29, 0.717) is 11.1 Å². The molecule has 1 aromatic heterocycles. The van der Waals surface area contributed by atoms with Gasteiger partial charge in [0.25, 0.3) is 11.5 Å². The first kappa shape index (κ1) is 22.3.